The smallest absolute Gasteiger partial charge is 0.242 e. The van der Waals surface area contributed by atoms with E-state index in [1.165, 1.54) is 0 Å². The number of nitrogens with zero attached hydrogens (tertiary/aromatic N) is 2. The molecule has 0 radical (unpaired) electrons. The number of carbonyl (C=O) groups excluding carboxylic acids is 2. The predicted molar refractivity (Wildman–Crippen MR) is 71.4 cm³/mol. The van der Waals surface area contributed by atoms with Crippen LogP contribution in [0.15, 0.2) is 0 Å². The first-order valence-electron chi connectivity index (χ1n) is 7.37. The molecule has 1 N–H and O–H groups in total. The Hall–Kier alpha value is -1.10. The molecule has 2 rings (SSSR count). The molecule has 2 amide bonds. The molecule has 0 aromatic carbocycles. The normalized spacial score (nSPS) is 24.7. The van der Waals surface area contributed by atoms with Gasteiger partial charge in [0, 0.05) is 32.7 Å². The molecule has 0 aromatic heterocycles. The molecule has 1 atom stereocenters. The lowest BCUT2D eigenvalue weighted by Gasteiger charge is -2.24. The number of aliphatic hydroxyl groups is 1. The average Bonchev–Trinajstić information content (AvgIpc) is 2.77. The van der Waals surface area contributed by atoms with Crippen LogP contribution in [0.4, 0.5) is 0 Å². The van der Waals surface area contributed by atoms with Crippen molar-refractivity contribution >= 4 is 11.8 Å². The van der Waals surface area contributed by atoms with Crippen LogP contribution in [0.25, 0.3) is 0 Å². The maximum atomic E-state index is 12.2. The summed E-state index contributed by atoms with van der Waals surface area (Å²) >= 11 is 0. The van der Waals surface area contributed by atoms with Crippen molar-refractivity contribution in [2.24, 2.45) is 5.92 Å². The van der Waals surface area contributed by atoms with E-state index in [2.05, 4.69) is 0 Å². The lowest BCUT2D eigenvalue weighted by atomic mass is 10.1. The van der Waals surface area contributed by atoms with Crippen molar-refractivity contribution in [2.75, 3.05) is 32.8 Å². The van der Waals surface area contributed by atoms with Crippen LogP contribution in [-0.2, 0) is 9.59 Å². The van der Waals surface area contributed by atoms with E-state index in [1.54, 1.807) is 4.90 Å². The van der Waals surface area contributed by atoms with Gasteiger partial charge in [-0.2, -0.15) is 0 Å². The Labute approximate surface area is 114 Å². The zero-order chi connectivity index (χ0) is 13.7. The van der Waals surface area contributed by atoms with E-state index in [4.69, 9.17) is 5.11 Å². The third kappa shape index (κ3) is 3.93. The highest BCUT2D eigenvalue weighted by molar-refractivity contribution is 5.85. The van der Waals surface area contributed by atoms with E-state index < -0.39 is 0 Å². The van der Waals surface area contributed by atoms with E-state index in [0.717, 1.165) is 51.7 Å². The highest BCUT2D eigenvalue weighted by atomic mass is 16.3. The zero-order valence-corrected chi connectivity index (χ0v) is 11.5. The molecule has 0 bridgehead atoms. The Morgan fingerprint density at radius 1 is 1.26 bits per heavy atom. The second-order valence-electron chi connectivity index (χ2n) is 5.63. The standard InChI is InChI=1S/C14H24N2O3/c17-9-6-12-5-8-16(10-12)14(19)11-15-7-3-1-2-4-13(15)18/h12,17H,1-11H2. The van der Waals surface area contributed by atoms with E-state index in [-0.39, 0.29) is 25.0 Å². The Balaban J connectivity index is 1.82. The van der Waals surface area contributed by atoms with Crippen LogP contribution in [0, 0.1) is 5.92 Å². The van der Waals surface area contributed by atoms with Gasteiger partial charge in [0.1, 0.15) is 0 Å². The molecule has 2 aliphatic heterocycles. The summed E-state index contributed by atoms with van der Waals surface area (Å²) in [4.78, 5) is 27.6. The van der Waals surface area contributed by atoms with Gasteiger partial charge in [-0.3, -0.25) is 9.59 Å². The fourth-order valence-corrected chi connectivity index (χ4v) is 2.95. The molecule has 0 saturated carbocycles. The molecule has 2 aliphatic rings. The van der Waals surface area contributed by atoms with Crippen LogP contribution in [-0.4, -0.2) is 59.5 Å². The third-order valence-electron chi connectivity index (χ3n) is 4.17. The highest BCUT2D eigenvalue weighted by Crippen LogP contribution is 2.20. The van der Waals surface area contributed by atoms with Crippen molar-refractivity contribution < 1.29 is 14.7 Å². The maximum Gasteiger partial charge on any atom is 0.242 e. The summed E-state index contributed by atoms with van der Waals surface area (Å²) in [7, 11) is 0. The van der Waals surface area contributed by atoms with Gasteiger partial charge >= 0.3 is 0 Å². The molecule has 2 fully saturated rings. The van der Waals surface area contributed by atoms with Crippen LogP contribution in [0.3, 0.4) is 0 Å². The molecule has 2 saturated heterocycles. The number of likely N-dealkylation sites (tertiary alicyclic amines) is 2. The first-order valence-corrected chi connectivity index (χ1v) is 7.37. The van der Waals surface area contributed by atoms with E-state index in [9.17, 15) is 9.59 Å². The molecule has 0 spiro atoms. The minimum absolute atomic E-state index is 0.0655. The lowest BCUT2D eigenvalue weighted by molar-refractivity contribution is -0.139. The average molecular weight is 268 g/mol. The Morgan fingerprint density at radius 3 is 2.89 bits per heavy atom. The highest BCUT2D eigenvalue weighted by Gasteiger charge is 2.28. The largest absolute Gasteiger partial charge is 0.396 e. The third-order valence-corrected chi connectivity index (χ3v) is 4.17. The monoisotopic (exact) mass is 268 g/mol. The van der Waals surface area contributed by atoms with Crippen molar-refractivity contribution in [3.05, 3.63) is 0 Å². The molecule has 5 heteroatoms. The SMILES string of the molecule is O=C1CCCCCN1CC(=O)N1CCC(CCO)C1. The van der Waals surface area contributed by atoms with Crippen LogP contribution in [0.5, 0.6) is 0 Å². The van der Waals surface area contributed by atoms with E-state index in [0.29, 0.717) is 12.3 Å². The summed E-state index contributed by atoms with van der Waals surface area (Å²) in [6.45, 7) is 2.66. The van der Waals surface area contributed by atoms with E-state index >= 15 is 0 Å². The first-order chi connectivity index (χ1) is 9.20. The first kappa shape index (κ1) is 14.3. The molecule has 2 heterocycles. The summed E-state index contributed by atoms with van der Waals surface area (Å²) in [6, 6.07) is 0. The molecule has 108 valence electrons. The van der Waals surface area contributed by atoms with Gasteiger partial charge in [0.25, 0.3) is 0 Å². The Bertz CT molecular complexity index is 333. The summed E-state index contributed by atoms with van der Waals surface area (Å²) in [5, 5.41) is 8.92. The second kappa shape index (κ2) is 6.89. The fraction of sp³-hybridized carbons (Fsp3) is 0.857. The summed E-state index contributed by atoms with van der Waals surface area (Å²) in [5.41, 5.74) is 0. The van der Waals surface area contributed by atoms with Gasteiger partial charge < -0.3 is 14.9 Å². The number of rotatable bonds is 4. The van der Waals surface area contributed by atoms with Crippen molar-refractivity contribution in [2.45, 2.75) is 38.5 Å². The predicted octanol–water partition coefficient (Wildman–Crippen LogP) is 0.620. The number of aliphatic hydroxyl groups excluding tert-OH is 1. The number of carbonyl (C=O) groups is 2. The maximum absolute atomic E-state index is 12.2. The summed E-state index contributed by atoms with van der Waals surface area (Å²) in [6.07, 6.45) is 5.36. The number of hydrogen-bond donors (Lipinski definition) is 1. The minimum Gasteiger partial charge on any atom is -0.396 e. The van der Waals surface area contributed by atoms with Crippen molar-refractivity contribution in [3.63, 3.8) is 0 Å². The van der Waals surface area contributed by atoms with Gasteiger partial charge in [-0.25, -0.2) is 0 Å². The van der Waals surface area contributed by atoms with Crippen LogP contribution >= 0.6 is 0 Å². The molecule has 0 aromatic rings. The Kier molecular flexibility index (Phi) is 5.19. The quantitative estimate of drug-likeness (QED) is 0.813. The lowest BCUT2D eigenvalue weighted by Crippen LogP contribution is -2.42. The van der Waals surface area contributed by atoms with Crippen LogP contribution < -0.4 is 0 Å². The Morgan fingerprint density at radius 2 is 2.11 bits per heavy atom. The van der Waals surface area contributed by atoms with Crippen molar-refractivity contribution in [1.82, 2.24) is 9.80 Å². The van der Waals surface area contributed by atoms with E-state index in [1.807, 2.05) is 4.90 Å². The molecule has 5 nitrogen and oxygen atoms in total. The number of amides is 2. The summed E-state index contributed by atoms with van der Waals surface area (Å²) in [5.74, 6) is 0.612. The zero-order valence-electron chi connectivity index (χ0n) is 11.5. The van der Waals surface area contributed by atoms with Gasteiger partial charge in [-0.15, -0.1) is 0 Å². The molecule has 0 aliphatic carbocycles. The van der Waals surface area contributed by atoms with Crippen LogP contribution in [0.2, 0.25) is 0 Å². The van der Waals surface area contributed by atoms with Gasteiger partial charge in [-0.05, 0) is 31.6 Å². The second-order valence-corrected chi connectivity index (χ2v) is 5.63. The van der Waals surface area contributed by atoms with Crippen molar-refractivity contribution in [1.29, 1.82) is 0 Å². The molecular weight excluding hydrogens is 244 g/mol. The van der Waals surface area contributed by atoms with Crippen molar-refractivity contribution in [3.8, 4) is 0 Å². The number of hydrogen-bond acceptors (Lipinski definition) is 3. The topological polar surface area (TPSA) is 60.9 Å². The summed E-state index contributed by atoms with van der Waals surface area (Å²) < 4.78 is 0. The molecular formula is C14H24N2O3. The minimum atomic E-state index is 0.0655. The van der Waals surface area contributed by atoms with Crippen LogP contribution in [0.1, 0.15) is 38.5 Å². The van der Waals surface area contributed by atoms with Gasteiger partial charge in [0.2, 0.25) is 11.8 Å². The van der Waals surface area contributed by atoms with Gasteiger partial charge in [0.05, 0.1) is 6.54 Å². The van der Waals surface area contributed by atoms with Gasteiger partial charge in [-0.1, -0.05) is 6.42 Å². The molecule has 1 unspecified atom stereocenters. The van der Waals surface area contributed by atoms with Gasteiger partial charge in [0.15, 0.2) is 0 Å². The molecule has 19 heavy (non-hydrogen) atoms. The fourth-order valence-electron chi connectivity index (χ4n) is 2.95.